The minimum Gasteiger partial charge on any atom is -0.508 e. The number of cyclic esters (lactones) is 1. The maximum atomic E-state index is 15.0. The van der Waals surface area contributed by atoms with Crippen LogP contribution in [0.2, 0.25) is 0 Å². The number of hydrazine groups is 2. The lowest BCUT2D eigenvalue weighted by atomic mass is 9.84. The van der Waals surface area contributed by atoms with Gasteiger partial charge in [-0.25, -0.2) is 5.43 Å². The molecule has 4 fully saturated rings. The Balaban J connectivity index is 1.06. The third kappa shape index (κ3) is 9.98. The van der Waals surface area contributed by atoms with Crippen LogP contribution < -0.4 is 15.6 Å². The number of nitrogens with one attached hydrogen (secondary N) is 2. The molecule has 3 saturated heterocycles. The third-order valence-corrected chi connectivity index (χ3v) is 15.9. The number of ether oxygens (including phenoxy) is 4. The molecule has 5 aliphatic rings. The van der Waals surface area contributed by atoms with Crippen LogP contribution in [0.15, 0.2) is 79.0 Å². The van der Waals surface area contributed by atoms with Crippen molar-refractivity contribution in [2.75, 3.05) is 65.1 Å². The van der Waals surface area contributed by atoms with E-state index in [1.807, 2.05) is 69.4 Å². The molecule has 6 heterocycles. The van der Waals surface area contributed by atoms with Gasteiger partial charge in [-0.2, -0.15) is 0 Å². The zero-order valence-corrected chi connectivity index (χ0v) is 43.9. The Bertz CT molecular complexity index is 2940. The minimum absolute atomic E-state index is 0.00289. The van der Waals surface area contributed by atoms with E-state index in [4.69, 9.17) is 23.9 Å². The Labute approximate surface area is 433 Å². The summed E-state index contributed by atoms with van der Waals surface area (Å²) in [6, 6.07) is 20.6. The molecule has 4 aliphatic heterocycles. The third-order valence-electron chi connectivity index (χ3n) is 15.9. The van der Waals surface area contributed by atoms with Crippen LogP contribution in [0.4, 0.5) is 5.69 Å². The van der Waals surface area contributed by atoms with E-state index in [1.54, 1.807) is 26.3 Å². The number of benzene rings is 3. The second-order valence-corrected chi connectivity index (χ2v) is 22.0. The molecule has 5 aromatic rings. The number of anilines is 1. The Morgan fingerprint density at radius 1 is 1.04 bits per heavy atom. The molecule has 74 heavy (non-hydrogen) atoms. The number of methoxy groups -OCH3 is 1. The molecule has 0 spiro atoms. The van der Waals surface area contributed by atoms with Crippen LogP contribution in [0.3, 0.4) is 0 Å². The Morgan fingerprint density at radius 3 is 2.51 bits per heavy atom. The molecule has 8 atom stereocenters. The summed E-state index contributed by atoms with van der Waals surface area (Å²) in [6.45, 7) is 16.3. The van der Waals surface area contributed by atoms with Gasteiger partial charge < -0.3 is 38.8 Å². The lowest BCUT2D eigenvalue weighted by Crippen LogP contribution is -2.63. The highest BCUT2D eigenvalue weighted by Crippen LogP contribution is 2.46. The van der Waals surface area contributed by atoms with Crippen molar-refractivity contribution in [3.63, 3.8) is 0 Å². The number of hydrogen-bond acceptors (Lipinski definition) is 12. The van der Waals surface area contributed by atoms with Crippen molar-refractivity contribution in [3.05, 3.63) is 106 Å². The summed E-state index contributed by atoms with van der Waals surface area (Å²) in [6.07, 6.45) is 2.03. The van der Waals surface area contributed by atoms with Crippen molar-refractivity contribution < 1.29 is 43.3 Å². The van der Waals surface area contributed by atoms with Crippen LogP contribution in [0.5, 0.6) is 5.75 Å². The minimum atomic E-state index is -1.16. The molecular formula is C57H71N8O9+. The zero-order chi connectivity index (χ0) is 52.2. The number of hydrogen-bond donors (Lipinski definition) is 3. The molecule has 2 aromatic heterocycles. The van der Waals surface area contributed by atoms with E-state index in [9.17, 15) is 19.6 Å². The average molecular weight is 1010 g/mol. The number of aromatic nitrogens is 2. The number of nitroso groups, excluding NO2 is 1. The number of phenols is 1. The van der Waals surface area contributed by atoms with E-state index in [2.05, 4.69) is 59.2 Å². The number of rotatable bonds is 12. The second kappa shape index (κ2) is 20.7. The van der Waals surface area contributed by atoms with Gasteiger partial charge in [-0.1, -0.05) is 70.2 Å². The molecule has 10 rings (SSSR count). The van der Waals surface area contributed by atoms with E-state index >= 15 is 4.79 Å². The number of esters is 1. The van der Waals surface area contributed by atoms with Crippen molar-refractivity contribution in [3.8, 4) is 28.1 Å². The highest BCUT2D eigenvalue weighted by molar-refractivity contribution is 5.96. The topological polar surface area (TPSA) is 180 Å². The molecule has 1 aliphatic carbocycles. The summed E-state index contributed by atoms with van der Waals surface area (Å²) in [7, 11) is 3.27. The molecule has 17 nitrogen and oxygen atoms in total. The number of likely N-dealkylation sites (N-methyl/N-ethyl adjacent to an activating group) is 1. The number of carbonyl (C=O) groups is 3. The normalized spacial score (nSPS) is 24.6. The molecule has 1 unspecified atom stereocenters. The largest absolute Gasteiger partial charge is 0.508 e. The number of phenolic OH excluding ortho intramolecular Hbond substituents is 1. The van der Waals surface area contributed by atoms with Gasteiger partial charge in [0.1, 0.15) is 23.8 Å². The first-order valence-electron chi connectivity index (χ1n) is 26.3. The number of fused-ring (bicyclic) bond motifs is 8. The SMILES string of the molecule is CCn1c(-c2cc(N3CCOCC3)cnc2[C@H](C)OC)c2c3cc(ccc31)-c1cc(O)cc(c1)C[C@H](NC(=O)[C@H](C(C)C)N(C)[N+](=O)[C@@H]1OC[C@@H]1c1ccccc1)C(=O)N1CC3C[C@@H]3[C@H](N1)C(=O)OCC(C)(C)C2. The van der Waals surface area contributed by atoms with Crippen LogP contribution in [-0.2, 0) is 52.7 Å². The smallest absolute Gasteiger partial charge is 0.346 e. The fourth-order valence-corrected chi connectivity index (χ4v) is 11.7. The van der Waals surface area contributed by atoms with Crippen molar-refractivity contribution in [1.82, 2.24) is 30.3 Å². The van der Waals surface area contributed by atoms with Gasteiger partial charge >= 0.3 is 12.2 Å². The summed E-state index contributed by atoms with van der Waals surface area (Å²) in [4.78, 5) is 66.3. The molecule has 3 N–H and O–H groups in total. The highest BCUT2D eigenvalue weighted by Gasteiger charge is 2.54. The fraction of sp³-hybridized carbons (Fsp3) is 0.509. The predicted octanol–water partition coefficient (Wildman–Crippen LogP) is 6.93. The summed E-state index contributed by atoms with van der Waals surface area (Å²) in [5, 5.41) is 18.4. The predicted molar refractivity (Wildman–Crippen MR) is 280 cm³/mol. The molecule has 2 amide bonds. The van der Waals surface area contributed by atoms with Gasteiger partial charge in [0.25, 0.3) is 5.91 Å². The number of pyridine rings is 1. The van der Waals surface area contributed by atoms with Gasteiger partial charge in [0, 0.05) is 61.6 Å². The number of carbonyl (C=O) groups excluding carboxylic acids is 3. The maximum absolute atomic E-state index is 15.0. The first-order valence-corrected chi connectivity index (χ1v) is 26.3. The van der Waals surface area contributed by atoms with Gasteiger partial charge in [-0.15, -0.1) is 5.01 Å². The first-order chi connectivity index (χ1) is 35.5. The number of nitrogens with zero attached hydrogens (tertiary/aromatic N) is 6. The van der Waals surface area contributed by atoms with Gasteiger partial charge in [-0.05, 0) is 103 Å². The lowest BCUT2D eigenvalue weighted by molar-refractivity contribution is -0.780. The van der Waals surface area contributed by atoms with Gasteiger partial charge in [0.15, 0.2) is 10.9 Å². The lowest BCUT2D eigenvalue weighted by Gasteiger charge is -2.36. The summed E-state index contributed by atoms with van der Waals surface area (Å²) in [5.74, 6) is -1.92. The van der Waals surface area contributed by atoms with E-state index in [0.29, 0.717) is 44.9 Å². The van der Waals surface area contributed by atoms with Crippen LogP contribution in [0.25, 0.3) is 33.3 Å². The van der Waals surface area contributed by atoms with Crippen molar-refractivity contribution in [2.24, 2.45) is 23.2 Å². The zero-order valence-electron chi connectivity index (χ0n) is 43.9. The van der Waals surface area contributed by atoms with Gasteiger partial charge in [0.05, 0.1) is 67.8 Å². The van der Waals surface area contributed by atoms with Crippen LogP contribution in [0.1, 0.15) is 82.4 Å². The molecule has 0 radical (unpaired) electrons. The number of amides is 2. The van der Waals surface area contributed by atoms with Crippen molar-refractivity contribution >= 4 is 34.4 Å². The van der Waals surface area contributed by atoms with Crippen LogP contribution in [-0.4, -0.2) is 132 Å². The van der Waals surface area contributed by atoms with E-state index in [-0.39, 0.29) is 48.6 Å². The summed E-state index contributed by atoms with van der Waals surface area (Å²) >= 11 is 0. The average Bonchev–Trinajstić information content (AvgIpc) is 4.12. The number of aryl methyl sites for hydroxylation is 1. The molecule has 6 bridgehead atoms. The molecule has 17 heteroatoms. The van der Waals surface area contributed by atoms with Crippen molar-refractivity contribution in [2.45, 2.75) is 104 Å². The van der Waals surface area contributed by atoms with Crippen molar-refractivity contribution in [1.29, 1.82) is 0 Å². The molecule has 1 saturated carbocycles. The second-order valence-electron chi connectivity index (χ2n) is 22.0. The van der Waals surface area contributed by atoms with Crippen LogP contribution >= 0.6 is 0 Å². The fourth-order valence-electron chi connectivity index (χ4n) is 11.7. The van der Waals surface area contributed by atoms with E-state index < -0.39 is 47.6 Å². The number of morpholine rings is 1. The van der Waals surface area contributed by atoms with E-state index in [1.165, 1.54) is 10.0 Å². The van der Waals surface area contributed by atoms with E-state index in [0.717, 1.165) is 80.2 Å². The summed E-state index contributed by atoms with van der Waals surface area (Å²) in [5.41, 5.74) is 11.6. The Hall–Kier alpha value is -6.40. The molecule has 392 valence electrons. The Morgan fingerprint density at radius 2 is 1.81 bits per heavy atom. The molecule has 3 aromatic carbocycles. The quantitative estimate of drug-likeness (QED) is 0.0666. The summed E-state index contributed by atoms with van der Waals surface area (Å²) < 4.78 is 26.1. The van der Waals surface area contributed by atoms with Gasteiger partial charge in [0.2, 0.25) is 5.91 Å². The molecular weight excluding hydrogens is 941 g/mol. The first kappa shape index (κ1) is 51.1. The van der Waals surface area contributed by atoms with Gasteiger partial charge in [-0.3, -0.25) is 24.4 Å². The maximum Gasteiger partial charge on any atom is 0.346 e. The van der Waals surface area contributed by atoms with Crippen LogP contribution in [0, 0.1) is 28.1 Å². The monoisotopic (exact) mass is 1010 g/mol. The highest BCUT2D eigenvalue weighted by atomic mass is 16.6. The Kier molecular flexibility index (Phi) is 14.3. The standard InChI is InChI=1S/C57H70N8O9/c1-9-63-48-16-15-37-25-43(48)45(52(63)44-27-40(62-17-19-72-20-18-62)29-58-49(44)34(4)71-8)28-57(5,6)32-74-56(69)50-42-26-39(42)30-64(60-50)54(68)47(23-35-21-38(37)24-41(66)22-35)59-53(67)51(33(2)3)61(7)65(70)55-46(31-73-55)36-13-11-10-12-14-36/h10-16,21-22,24-25,27,29,33-34,39,42,46-47,50-51,55,60H,9,17-20,23,26,28,30-32H2,1-8H3,(H-,59,66,67)/p+1/t34-,39?,42-,46+,47-,50-,51-,55+/m0/s1. The number of aromatic hydroxyl groups is 1.